The molecule has 0 spiro atoms. The zero-order chi connectivity index (χ0) is 11.7. The van der Waals surface area contributed by atoms with E-state index in [1.165, 1.54) is 0 Å². The van der Waals surface area contributed by atoms with E-state index in [0.717, 1.165) is 9.26 Å². The van der Waals surface area contributed by atoms with Crippen LogP contribution in [0.3, 0.4) is 0 Å². The number of halogens is 4. The molecule has 0 radical (unpaired) electrons. The van der Waals surface area contributed by atoms with E-state index in [-0.39, 0.29) is 0 Å². The standard InChI is InChI=1S/C10H6Cl3IN2/c11-7-2-1-6(3-8(7)12)4-16-5-9(13)10(14)15-16/h1-3,5H,4H2. The molecule has 0 amide bonds. The predicted molar refractivity (Wildman–Crippen MR) is 75.5 cm³/mol. The molecule has 2 nitrogen and oxygen atoms in total. The predicted octanol–water partition coefficient (Wildman–Crippen LogP) is 4.50. The van der Waals surface area contributed by atoms with Gasteiger partial charge in [-0.25, -0.2) is 0 Å². The largest absolute Gasteiger partial charge is 0.266 e. The van der Waals surface area contributed by atoms with Crippen LogP contribution in [-0.4, -0.2) is 9.78 Å². The van der Waals surface area contributed by atoms with Gasteiger partial charge in [-0.1, -0.05) is 40.9 Å². The fourth-order valence-electron chi connectivity index (χ4n) is 1.28. The Labute approximate surface area is 122 Å². The summed E-state index contributed by atoms with van der Waals surface area (Å²) in [6.45, 7) is 0.625. The van der Waals surface area contributed by atoms with Gasteiger partial charge in [0.2, 0.25) is 0 Å². The molecule has 0 aliphatic rings. The summed E-state index contributed by atoms with van der Waals surface area (Å²) in [7, 11) is 0. The fourth-order valence-corrected chi connectivity index (χ4v) is 2.17. The normalized spacial score (nSPS) is 10.8. The fraction of sp³-hybridized carbons (Fsp3) is 0.100. The van der Waals surface area contributed by atoms with Gasteiger partial charge in [-0.2, -0.15) is 5.10 Å². The van der Waals surface area contributed by atoms with E-state index in [2.05, 4.69) is 27.7 Å². The smallest absolute Gasteiger partial charge is 0.141 e. The number of aromatic nitrogens is 2. The highest BCUT2D eigenvalue weighted by molar-refractivity contribution is 14.1. The molecule has 84 valence electrons. The Kier molecular flexibility index (Phi) is 4.00. The van der Waals surface area contributed by atoms with Crippen molar-refractivity contribution in [3.8, 4) is 0 Å². The van der Waals surface area contributed by atoms with Crippen molar-refractivity contribution < 1.29 is 0 Å². The average Bonchev–Trinajstić information content (AvgIpc) is 2.52. The molecule has 0 N–H and O–H groups in total. The van der Waals surface area contributed by atoms with Gasteiger partial charge >= 0.3 is 0 Å². The van der Waals surface area contributed by atoms with Crippen molar-refractivity contribution in [3.63, 3.8) is 0 Å². The van der Waals surface area contributed by atoms with Crippen molar-refractivity contribution in [2.45, 2.75) is 6.54 Å². The summed E-state index contributed by atoms with van der Waals surface area (Å²) in [5.41, 5.74) is 1.03. The SMILES string of the molecule is Clc1ccc(Cn2cc(Cl)c(I)n2)cc1Cl. The van der Waals surface area contributed by atoms with Crippen LogP contribution in [0.15, 0.2) is 24.4 Å². The molecular weight excluding hydrogens is 381 g/mol. The summed E-state index contributed by atoms with van der Waals surface area (Å²) >= 11 is 19.8. The van der Waals surface area contributed by atoms with Crippen molar-refractivity contribution in [3.05, 3.63) is 48.7 Å². The van der Waals surface area contributed by atoms with Crippen LogP contribution < -0.4 is 0 Å². The Morgan fingerprint density at radius 1 is 1.12 bits per heavy atom. The van der Waals surface area contributed by atoms with Gasteiger partial charge < -0.3 is 0 Å². The number of nitrogens with zero attached hydrogens (tertiary/aromatic N) is 2. The first kappa shape index (κ1) is 12.5. The number of rotatable bonds is 2. The molecule has 1 aromatic carbocycles. The first-order chi connectivity index (χ1) is 7.56. The van der Waals surface area contributed by atoms with Crippen LogP contribution in [0.5, 0.6) is 0 Å². The van der Waals surface area contributed by atoms with Crippen molar-refractivity contribution in [1.29, 1.82) is 0 Å². The van der Waals surface area contributed by atoms with Crippen LogP contribution in [0.4, 0.5) is 0 Å². The molecule has 2 rings (SSSR count). The Bertz CT molecular complexity index is 505. The molecule has 0 aliphatic heterocycles. The minimum Gasteiger partial charge on any atom is -0.266 e. The van der Waals surface area contributed by atoms with E-state index in [9.17, 15) is 0 Å². The second-order valence-corrected chi connectivity index (χ2v) is 5.46. The van der Waals surface area contributed by atoms with Gasteiger partial charge in [-0.3, -0.25) is 4.68 Å². The highest BCUT2D eigenvalue weighted by Crippen LogP contribution is 2.23. The van der Waals surface area contributed by atoms with Crippen LogP contribution in [0.1, 0.15) is 5.56 Å². The summed E-state index contributed by atoms with van der Waals surface area (Å²) in [6, 6.07) is 5.51. The molecule has 0 unspecified atom stereocenters. The van der Waals surface area contributed by atoms with Crippen molar-refractivity contribution >= 4 is 57.4 Å². The quantitative estimate of drug-likeness (QED) is 0.694. The first-order valence-corrected chi connectivity index (χ1v) is 6.60. The maximum absolute atomic E-state index is 5.93. The van der Waals surface area contributed by atoms with Gasteiger partial charge in [0, 0.05) is 6.20 Å². The third-order valence-electron chi connectivity index (χ3n) is 2.00. The highest BCUT2D eigenvalue weighted by Gasteiger charge is 2.05. The van der Waals surface area contributed by atoms with Gasteiger partial charge in [-0.05, 0) is 40.3 Å². The molecule has 0 saturated heterocycles. The topological polar surface area (TPSA) is 17.8 Å². The van der Waals surface area contributed by atoms with Crippen molar-refractivity contribution in [2.24, 2.45) is 0 Å². The summed E-state index contributed by atoms with van der Waals surface area (Å²) in [4.78, 5) is 0. The van der Waals surface area contributed by atoms with E-state index in [1.807, 2.05) is 12.1 Å². The third kappa shape index (κ3) is 2.83. The lowest BCUT2D eigenvalue weighted by Crippen LogP contribution is -2.00. The second-order valence-electron chi connectivity index (χ2n) is 3.21. The molecule has 0 fully saturated rings. The molecule has 0 aliphatic carbocycles. The second kappa shape index (κ2) is 5.12. The Morgan fingerprint density at radius 2 is 1.88 bits per heavy atom. The van der Waals surface area contributed by atoms with Crippen LogP contribution in [-0.2, 0) is 6.54 Å². The Morgan fingerprint density at radius 3 is 2.44 bits per heavy atom. The van der Waals surface area contributed by atoms with Gasteiger partial charge in [0.05, 0.1) is 21.6 Å². The van der Waals surface area contributed by atoms with E-state index in [4.69, 9.17) is 34.8 Å². The first-order valence-electron chi connectivity index (χ1n) is 4.38. The summed E-state index contributed by atoms with van der Waals surface area (Å²) in [6.07, 6.45) is 1.78. The highest BCUT2D eigenvalue weighted by atomic mass is 127. The lowest BCUT2D eigenvalue weighted by Gasteiger charge is -2.03. The van der Waals surface area contributed by atoms with E-state index in [0.29, 0.717) is 21.6 Å². The van der Waals surface area contributed by atoms with E-state index < -0.39 is 0 Å². The minimum atomic E-state index is 0.548. The lowest BCUT2D eigenvalue weighted by atomic mass is 10.2. The number of hydrogen-bond donors (Lipinski definition) is 0. The third-order valence-corrected chi connectivity index (χ3v) is 4.14. The Balaban J connectivity index is 2.23. The molecule has 6 heteroatoms. The van der Waals surface area contributed by atoms with E-state index in [1.54, 1.807) is 16.9 Å². The average molecular weight is 387 g/mol. The molecule has 0 bridgehead atoms. The van der Waals surface area contributed by atoms with Crippen molar-refractivity contribution in [2.75, 3.05) is 0 Å². The molecule has 1 aromatic heterocycles. The Hall–Kier alpha value is 0.0300. The lowest BCUT2D eigenvalue weighted by molar-refractivity contribution is 0.681. The monoisotopic (exact) mass is 386 g/mol. The minimum absolute atomic E-state index is 0.548. The van der Waals surface area contributed by atoms with Crippen LogP contribution in [0.2, 0.25) is 15.1 Å². The van der Waals surface area contributed by atoms with Gasteiger partial charge in [-0.15, -0.1) is 0 Å². The van der Waals surface area contributed by atoms with Crippen LogP contribution in [0.25, 0.3) is 0 Å². The molecule has 16 heavy (non-hydrogen) atoms. The summed E-state index contributed by atoms with van der Waals surface area (Å²) in [5, 5.41) is 6.01. The summed E-state index contributed by atoms with van der Waals surface area (Å²) in [5.74, 6) is 0. The molecule has 0 saturated carbocycles. The number of benzene rings is 1. The molecular formula is C10H6Cl3IN2. The van der Waals surface area contributed by atoms with Gasteiger partial charge in [0.25, 0.3) is 0 Å². The van der Waals surface area contributed by atoms with Crippen LogP contribution in [0, 0.1) is 3.70 Å². The molecule has 1 heterocycles. The van der Waals surface area contributed by atoms with Crippen molar-refractivity contribution in [1.82, 2.24) is 9.78 Å². The zero-order valence-corrected chi connectivity index (χ0v) is 12.3. The summed E-state index contributed by atoms with van der Waals surface area (Å²) < 4.78 is 2.56. The van der Waals surface area contributed by atoms with Gasteiger partial charge in [0.15, 0.2) is 0 Å². The maximum atomic E-state index is 5.93. The van der Waals surface area contributed by atoms with Crippen LogP contribution >= 0.6 is 57.4 Å². The molecule has 0 atom stereocenters. The maximum Gasteiger partial charge on any atom is 0.141 e. The number of hydrogen-bond acceptors (Lipinski definition) is 1. The van der Waals surface area contributed by atoms with E-state index >= 15 is 0 Å². The molecule has 2 aromatic rings. The van der Waals surface area contributed by atoms with Gasteiger partial charge in [0.1, 0.15) is 3.70 Å². The zero-order valence-electron chi connectivity index (χ0n) is 7.92.